The number of halogens is 1. The molecule has 0 aliphatic rings. The summed E-state index contributed by atoms with van der Waals surface area (Å²) < 4.78 is 0. The second-order valence-electron chi connectivity index (χ2n) is 4.56. The van der Waals surface area contributed by atoms with Gasteiger partial charge >= 0.3 is 0 Å². The molecule has 1 aromatic carbocycles. The molecule has 0 saturated heterocycles. The smallest absolute Gasteiger partial charge is 0.225 e. The van der Waals surface area contributed by atoms with E-state index in [4.69, 9.17) is 11.6 Å². The number of benzene rings is 1. The Morgan fingerprint density at radius 1 is 1.32 bits per heavy atom. The summed E-state index contributed by atoms with van der Waals surface area (Å²) in [5.41, 5.74) is 1.17. The number of thiophene rings is 1. The maximum atomic E-state index is 11.8. The van der Waals surface area contributed by atoms with Gasteiger partial charge in [-0.3, -0.25) is 4.79 Å². The average molecular weight is 294 g/mol. The lowest BCUT2D eigenvalue weighted by Crippen LogP contribution is -2.34. The summed E-state index contributed by atoms with van der Waals surface area (Å²) in [5, 5.41) is 5.74. The van der Waals surface area contributed by atoms with Crippen molar-refractivity contribution in [2.45, 2.75) is 25.8 Å². The van der Waals surface area contributed by atoms with Crippen LogP contribution >= 0.6 is 22.9 Å². The lowest BCUT2D eigenvalue weighted by atomic mass is 10.1. The van der Waals surface area contributed by atoms with Crippen LogP contribution in [0.4, 0.5) is 0 Å². The molecule has 1 N–H and O–H groups in total. The van der Waals surface area contributed by atoms with E-state index >= 15 is 0 Å². The summed E-state index contributed by atoms with van der Waals surface area (Å²) in [6, 6.07) is 11.8. The molecule has 2 nitrogen and oxygen atoms in total. The fraction of sp³-hybridized carbons (Fsp3) is 0.267. The molecule has 0 aliphatic heterocycles. The first-order valence-corrected chi connectivity index (χ1v) is 7.45. The number of carbonyl (C=O) groups excluding carboxylic acids is 1. The van der Waals surface area contributed by atoms with Gasteiger partial charge in [0.05, 0.1) is 6.42 Å². The van der Waals surface area contributed by atoms with E-state index in [0.29, 0.717) is 6.42 Å². The molecule has 0 bridgehead atoms. The van der Waals surface area contributed by atoms with Gasteiger partial charge in [-0.15, -0.1) is 11.3 Å². The highest BCUT2D eigenvalue weighted by molar-refractivity contribution is 7.10. The molecule has 0 unspecified atom stereocenters. The van der Waals surface area contributed by atoms with Crippen LogP contribution in [-0.4, -0.2) is 11.9 Å². The third-order valence-corrected chi connectivity index (χ3v) is 3.91. The van der Waals surface area contributed by atoms with Crippen molar-refractivity contribution >= 4 is 28.8 Å². The van der Waals surface area contributed by atoms with E-state index in [1.54, 1.807) is 11.3 Å². The highest BCUT2D eigenvalue weighted by Crippen LogP contribution is 2.12. The van der Waals surface area contributed by atoms with Gasteiger partial charge in [0.25, 0.3) is 0 Å². The van der Waals surface area contributed by atoms with Crippen molar-refractivity contribution in [1.29, 1.82) is 0 Å². The maximum Gasteiger partial charge on any atom is 0.225 e. The van der Waals surface area contributed by atoms with Gasteiger partial charge in [-0.2, -0.15) is 0 Å². The number of hydrogen-bond donors (Lipinski definition) is 1. The van der Waals surface area contributed by atoms with Gasteiger partial charge in [0.15, 0.2) is 0 Å². The van der Waals surface area contributed by atoms with E-state index in [1.807, 2.05) is 48.7 Å². The van der Waals surface area contributed by atoms with Crippen LogP contribution in [-0.2, 0) is 17.6 Å². The molecule has 1 heterocycles. The number of hydrogen-bond acceptors (Lipinski definition) is 2. The zero-order chi connectivity index (χ0) is 13.7. The molecule has 19 heavy (non-hydrogen) atoms. The van der Waals surface area contributed by atoms with E-state index in [9.17, 15) is 4.79 Å². The minimum absolute atomic E-state index is 0.0731. The van der Waals surface area contributed by atoms with Gasteiger partial charge in [-0.05, 0) is 42.5 Å². The molecule has 1 aromatic heterocycles. The fourth-order valence-electron chi connectivity index (χ4n) is 1.92. The number of nitrogens with one attached hydrogen (secondary N) is 1. The van der Waals surface area contributed by atoms with Crippen molar-refractivity contribution < 1.29 is 4.79 Å². The Bertz CT molecular complexity index is 522. The van der Waals surface area contributed by atoms with Crippen molar-refractivity contribution in [1.82, 2.24) is 5.32 Å². The molecule has 100 valence electrons. The maximum absolute atomic E-state index is 11.8. The van der Waals surface area contributed by atoms with E-state index in [2.05, 4.69) is 5.32 Å². The highest BCUT2D eigenvalue weighted by Gasteiger charge is 2.09. The molecular formula is C15H16ClNOS. The molecule has 0 fully saturated rings. The van der Waals surface area contributed by atoms with Crippen molar-refractivity contribution in [2.75, 3.05) is 0 Å². The Morgan fingerprint density at radius 2 is 2.05 bits per heavy atom. The van der Waals surface area contributed by atoms with Gasteiger partial charge < -0.3 is 5.32 Å². The van der Waals surface area contributed by atoms with Crippen LogP contribution in [0.25, 0.3) is 0 Å². The minimum atomic E-state index is 0.0731. The standard InChI is InChI=1S/C15H16ClNOS/c1-11(9-12-4-6-13(16)7-5-12)17-15(18)10-14-3-2-8-19-14/h2-8,11H,9-10H2,1H3,(H,17,18)/t11-/m0/s1. The zero-order valence-electron chi connectivity index (χ0n) is 10.7. The normalized spacial score (nSPS) is 12.1. The highest BCUT2D eigenvalue weighted by atomic mass is 35.5. The average Bonchev–Trinajstić information content (AvgIpc) is 2.84. The van der Waals surface area contributed by atoms with Crippen LogP contribution in [0, 0.1) is 0 Å². The lowest BCUT2D eigenvalue weighted by Gasteiger charge is -2.13. The second-order valence-corrected chi connectivity index (χ2v) is 6.02. The van der Waals surface area contributed by atoms with Crippen LogP contribution in [0.15, 0.2) is 41.8 Å². The molecule has 1 atom stereocenters. The molecular weight excluding hydrogens is 278 g/mol. The molecule has 2 rings (SSSR count). The Kier molecular flexibility index (Phi) is 5.00. The molecule has 0 radical (unpaired) electrons. The Balaban J connectivity index is 1.82. The van der Waals surface area contributed by atoms with Gasteiger partial charge in [0, 0.05) is 15.9 Å². The molecule has 0 spiro atoms. The molecule has 0 aliphatic carbocycles. The summed E-state index contributed by atoms with van der Waals surface area (Å²) in [4.78, 5) is 12.9. The van der Waals surface area contributed by atoms with Crippen LogP contribution in [0.3, 0.4) is 0 Å². The number of carbonyl (C=O) groups is 1. The second kappa shape index (κ2) is 6.73. The Morgan fingerprint density at radius 3 is 2.68 bits per heavy atom. The van der Waals surface area contributed by atoms with Crippen molar-refractivity contribution in [3.8, 4) is 0 Å². The predicted molar refractivity (Wildman–Crippen MR) is 80.8 cm³/mol. The van der Waals surface area contributed by atoms with Gasteiger partial charge in [-0.1, -0.05) is 29.8 Å². The summed E-state index contributed by atoms with van der Waals surface area (Å²) in [6.45, 7) is 2.01. The lowest BCUT2D eigenvalue weighted by molar-refractivity contribution is -0.120. The van der Waals surface area contributed by atoms with E-state index < -0.39 is 0 Å². The first kappa shape index (κ1) is 14.1. The topological polar surface area (TPSA) is 29.1 Å². The van der Waals surface area contributed by atoms with E-state index in [0.717, 1.165) is 16.3 Å². The van der Waals surface area contributed by atoms with E-state index in [1.165, 1.54) is 5.56 Å². The first-order chi connectivity index (χ1) is 9.13. The predicted octanol–water partition coefficient (Wildman–Crippen LogP) is 3.69. The minimum Gasteiger partial charge on any atom is -0.353 e. The van der Waals surface area contributed by atoms with Crippen LogP contribution < -0.4 is 5.32 Å². The SMILES string of the molecule is C[C@@H](Cc1ccc(Cl)cc1)NC(=O)Cc1cccs1. The largest absolute Gasteiger partial charge is 0.353 e. The van der Waals surface area contributed by atoms with Crippen LogP contribution in [0.1, 0.15) is 17.4 Å². The summed E-state index contributed by atoms with van der Waals surface area (Å²) in [5.74, 6) is 0.0731. The summed E-state index contributed by atoms with van der Waals surface area (Å²) in [6.07, 6.45) is 1.27. The molecule has 2 aromatic rings. The van der Waals surface area contributed by atoms with Gasteiger partial charge in [0.1, 0.15) is 0 Å². The van der Waals surface area contributed by atoms with E-state index in [-0.39, 0.29) is 11.9 Å². The van der Waals surface area contributed by atoms with Crippen molar-refractivity contribution in [2.24, 2.45) is 0 Å². The van der Waals surface area contributed by atoms with Crippen LogP contribution in [0.2, 0.25) is 5.02 Å². The summed E-state index contributed by atoms with van der Waals surface area (Å²) in [7, 11) is 0. The fourth-order valence-corrected chi connectivity index (χ4v) is 2.75. The third kappa shape index (κ3) is 4.69. The number of rotatable bonds is 5. The summed E-state index contributed by atoms with van der Waals surface area (Å²) >= 11 is 7.45. The zero-order valence-corrected chi connectivity index (χ0v) is 12.3. The third-order valence-electron chi connectivity index (χ3n) is 2.78. The first-order valence-electron chi connectivity index (χ1n) is 6.19. The Hall–Kier alpha value is -1.32. The van der Waals surface area contributed by atoms with Crippen molar-refractivity contribution in [3.63, 3.8) is 0 Å². The van der Waals surface area contributed by atoms with Gasteiger partial charge in [0.2, 0.25) is 5.91 Å². The monoisotopic (exact) mass is 293 g/mol. The quantitative estimate of drug-likeness (QED) is 0.895. The molecule has 0 saturated carbocycles. The van der Waals surface area contributed by atoms with Gasteiger partial charge in [-0.25, -0.2) is 0 Å². The van der Waals surface area contributed by atoms with Crippen molar-refractivity contribution in [3.05, 3.63) is 57.2 Å². The number of amides is 1. The molecule has 4 heteroatoms. The molecule has 1 amide bonds. The Labute approximate surface area is 122 Å². The van der Waals surface area contributed by atoms with Crippen LogP contribution in [0.5, 0.6) is 0 Å².